The molecule has 2 saturated heterocycles. The van der Waals surface area contributed by atoms with Crippen LogP contribution in [0.3, 0.4) is 0 Å². The van der Waals surface area contributed by atoms with Crippen molar-refractivity contribution in [1.29, 1.82) is 0 Å². The van der Waals surface area contributed by atoms with E-state index in [2.05, 4.69) is 5.32 Å². The van der Waals surface area contributed by atoms with E-state index < -0.39 is 0 Å². The molecule has 2 aliphatic heterocycles. The molecule has 1 aromatic rings. The highest BCUT2D eigenvalue weighted by Crippen LogP contribution is 2.33. The van der Waals surface area contributed by atoms with Gasteiger partial charge >= 0.3 is 0 Å². The summed E-state index contributed by atoms with van der Waals surface area (Å²) in [6.45, 7) is 0. The van der Waals surface area contributed by atoms with Crippen LogP contribution in [-0.2, 0) is 0 Å². The van der Waals surface area contributed by atoms with Gasteiger partial charge in [0, 0.05) is 29.1 Å². The monoisotopic (exact) mass is 263 g/mol. The molecular weight excluding hydrogens is 246 g/mol. The first-order valence-corrected chi connectivity index (χ1v) is 7.13. The molecule has 1 aromatic carbocycles. The van der Waals surface area contributed by atoms with Gasteiger partial charge in [-0.3, -0.25) is 4.79 Å². The van der Waals surface area contributed by atoms with Crippen molar-refractivity contribution in [3.63, 3.8) is 0 Å². The van der Waals surface area contributed by atoms with Crippen LogP contribution in [0.1, 0.15) is 42.5 Å². The first-order valence-electron chi connectivity index (χ1n) is 6.75. The van der Waals surface area contributed by atoms with Crippen LogP contribution in [0.2, 0.25) is 5.02 Å². The highest BCUT2D eigenvalue weighted by molar-refractivity contribution is 6.31. The maximum absolute atomic E-state index is 12.2. The predicted octanol–water partition coefficient (Wildman–Crippen LogP) is 3.44. The van der Waals surface area contributed by atoms with Crippen molar-refractivity contribution >= 4 is 17.4 Å². The fourth-order valence-electron chi connectivity index (χ4n) is 3.38. The van der Waals surface area contributed by atoms with E-state index >= 15 is 0 Å². The lowest BCUT2D eigenvalue weighted by atomic mass is 9.87. The maximum atomic E-state index is 12.2. The van der Waals surface area contributed by atoms with E-state index in [9.17, 15) is 4.79 Å². The van der Waals surface area contributed by atoms with Gasteiger partial charge in [-0.2, -0.15) is 0 Å². The number of Topliss-reactive ketones (excluding diaryl/α,β-unsaturated/α-hetero) is 1. The minimum atomic E-state index is 0.240. The Morgan fingerprint density at radius 2 is 2.00 bits per heavy atom. The molecule has 2 bridgehead atoms. The van der Waals surface area contributed by atoms with Gasteiger partial charge in [-0.25, -0.2) is 0 Å². The van der Waals surface area contributed by atoms with Crippen molar-refractivity contribution < 1.29 is 4.79 Å². The first kappa shape index (κ1) is 12.2. The summed E-state index contributed by atoms with van der Waals surface area (Å²) in [5, 5.41) is 4.25. The number of benzene rings is 1. The van der Waals surface area contributed by atoms with Crippen LogP contribution in [0.15, 0.2) is 24.3 Å². The molecule has 2 aliphatic rings. The standard InChI is InChI=1S/C15H18ClNO/c16-12-3-1-2-11(9-12)15(18)8-10-6-13-4-5-14(7-10)17-13/h1-3,9-10,13-14,17H,4-8H2/t10-,13+,14-. The number of carbonyl (C=O) groups excluding carboxylic acids is 1. The summed E-state index contributed by atoms with van der Waals surface area (Å²) in [4.78, 5) is 12.2. The average Bonchev–Trinajstić information content (AvgIpc) is 2.69. The first-order chi connectivity index (χ1) is 8.70. The number of rotatable bonds is 3. The van der Waals surface area contributed by atoms with Gasteiger partial charge in [0.2, 0.25) is 0 Å². The van der Waals surface area contributed by atoms with Crippen molar-refractivity contribution in [1.82, 2.24) is 5.32 Å². The summed E-state index contributed by atoms with van der Waals surface area (Å²) < 4.78 is 0. The van der Waals surface area contributed by atoms with Gasteiger partial charge in [0.15, 0.2) is 5.78 Å². The number of halogens is 1. The molecule has 3 rings (SSSR count). The van der Waals surface area contributed by atoms with Crippen molar-refractivity contribution in [2.45, 2.75) is 44.2 Å². The van der Waals surface area contributed by atoms with Gasteiger partial charge in [0.1, 0.15) is 0 Å². The molecule has 0 amide bonds. The molecule has 18 heavy (non-hydrogen) atoms. The van der Waals surface area contributed by atoms with Crippen molar-refractivity contribution in [2.75, 3.05) is 0 Å². The molecular formula is C15H18ClNO. The predicted molar refractivity (Wildman–Crippen MR) is 73.1 cm³/mol. The lowest BCUT2D eigenvalue weighted by Crippen LogP contribution is -2.38. The fourth-order valence-corrected chi connectivity index (χ4v) is 3.57. The average molecular weight is 264 g/mol. The molecule has 0 unspecified atom stereocenters. The van der Waals surface area contributed by atoms with E-state index in [0.29, 0.717) is 29.4 Å². The van der Waals surface area contributed by atoms with E-state index in [1.165, 1.54) is 12.8 Å². The molecule has 0 spiro atoms. The van der Waals surface area contributed by atoms with Crippen molar-refractivity contribution in [3.05, 3.63) is 34.9 Å². The van der Waals surface area contributed by atoms with E-state index in [4.69, 9.17) is 11.6 Å². The molecule has 0 radical (unpaired) electrons. The lowest BCUT2D eigenvalue weighted by Gasteiger charge is -2.28. The summed E-state index contributed by atoms with van der Waals surface area (Å²) in [7, 11) is 0. The van der Waals surface area contributed by atoms with Gasteiger partial charge < -0.3 is 5.32 Å². The Labute approximate surface area is 113 Å². The molecule has 2 nitrogen and oxygen atoms in total. The molecule has 3 heteroatoms. The van der Waals surface area contributed by atoms with E-state index in [1.807, 2.05) is 18.2 Å². The van der Waals surface area contributed by atoms with Gasteiger partial charge in [0.05, 0.1) is 0 Å². The van der Waals surface area contributed by atoms with Gasteiger partial charge in [0.25, 0.3) is 0 Å². The summed E-state index contributed by atoms with van der Waals surface area (Å²) in [6.07, 6.45) is 5.56. The second-order valence-electron chi connectivity index (χ2n) is 5.61. The van der Waals surface area contributed by atoms with Crippen molar-refractivity contribution in [3.8, 4) is 0 Å². The molecule has 2 heterocycles. The zero-order valence-corrected chi connectivity index (χ0v) is 11.1. The van der Waals surface area contributed by atoms with Crippen LogP contribution in [0, 0.1) is 5.92 Å². The van der Waals surface area contributed by atoms with Crippen LogP contribution in [0.4, 0.5) is 0 Å². The zero-order chi connectivity index (χ0) is 12.5. The number of hydrogen-bond donors (Lipinski definition) is 1. The van der Waals surface area contributed by atoms with E-state index in [1.54, 1.807) is 6.07 Å². The fraction of sp³-hybridized carbons (Fsp3) is 0.533. The Balaban J connectivity index is 1.64. The van der Waals surface area contributed by atoms with Gasteiger partial charge in [-0.05, 0) is 43.7 Å². The van der Waals surface area contributed by atoms with Gasteiger partial charge in [-0.15, -0.1) is 0 Å². The summed E-state index contributed by atoms with van der Waals surface area (Å²) >= 11 is 5.93. The van der Waals surface area contributed by atoms with Crippen LogP contribution in [-0.4, -0.2) is 17.9 Å². The summed E-state index contributed by atoms with van der Waals surface area (Å²) in [5.41, 5.74) is 0.758. The van der Waals surface area contributed by atoms with Crippen LogP contribution in [0.5, 0.6) is 0 Å². The van der Waals surface area contributed by atoms with Gasteiger partial charge in [-0.1, -0.05) is 23.7 Å². The SMILES string of the molecule is O=C(C[C@H]1C[C@H]2CC[C@@H](C1)N2)c1cccc(Cl)c1. The normalized spacial score (nSPS) is 30.4. The molecule has 96 valence electrons. The molecule has 1 N–H and O–H groups in total. The largest absolute Gasteiger partial charge is 0.311 e. The zero-order valence-electron chi connectivity index (χ0n) is 10.4. The Hall–Kier alpha value is -0.860. The Morgan fingerprint density at radius 3 is 2.67 bits per heavy atom. The molecule has 0 aromatic heterocycles. The van der Waals surface area contributed by atoms with E-state index in [-0.39, 0.29) is 5.78 Å². The molecule has 2 fully saturated rings. The number of piperidine rings is 1. The Morgan fingerprint density at radius 1 is 1.28 bits per heavy atom. The van der Waals surface area contributed by atoms with E-state index in [0.717, 1.165) is 18.4 Å². The number of hydrogen-bond acceptors (Lipinski definition) is 2. The highest BCUT2D eigenvalue weighted by atomic mass is 35.5. The maximum Gasteiger partial charge on any atom is 0.163 e. The van der Waals surface area contributed by atoms with Crippen LogP contribution in [0.25, 0.3) is 0 Å². The third kappa shape index (κ3) is 2.60. The van der Waals surface area contributed by atoms with Crippen molar-refractivity contribution in [2.24, 2.45) is 5.92 Å². The number of fused-ring (bicyclic) bond motifs is 2. The molecule has 0 saturated carbocycles. The van der Waals surface area contributed by atoms with Crippen LogP contribution < -0.4 is 5.32 Å². The number of nitrogens with one attached hydrogen (secondary N) is 1. The summed E-state index contributed by atoms with van der Waals surface area (Å²) in [5.74, 6) is 0.791. The minimum Gasteiger partial charge on any atom is -0.311 e. The lowest BCUT2D eigenvalue weighted by molar-refractivity contribution is 0.0945. The molecule has 0 aliphatic carbocycles. The van der Waals surface area contributed by atoms with Crippen LogP contribution >= 0.6 is 11.6 Å². The number of ketones is 1. The third-order valence-corrected chi connectivity index (χ3v) is 4.43. The minimum absolute atomic E-state index is 0.240. The number of carbonyl (C=O) groups is 1. The Kier molecular flexibility index (Phi) is 3.40. The highest BCUT2D eigenvalue weighted by Gasteiger charge is 2.34. The molecule has 3 atom stereocenters. The third-order valence-electron chi connectivity index (χ3n) is 4.19. The quantitative estimate of drug-likeness (QED) is 0.847. The smallest absolute Gasteiger partial charge is 0.163 e. The summed E-state index contributed by atoms with van der Waals surface area (Å²) in [6, 6.07) is 8.61. The topological polar surface area (TPSA) is 29.1 Å². The Bertz CT molecular complexity index is 448. The second-order valence-corrected chi connectivity index (χ2v) is 6.05. The second kappa shape index (κ2) is 5.02.